The van der Waals surface area contributed by atoms with E-state index in [0.29, 0.717) is 23.2 Å². The van der Waals surface area contributed by atoms with Crippen LogP contribution in [0.1, 0.15) is 55.7 Å². The average Bonchev–Trinajstić information content (AvgIpc) is 3.33. The third-order valence-corrected chi connectivity index (χ3v) is 8.65. The molecule has 1 heterocycles. The fourth-order valence-electron chi connectivity index (χ4n) is 5.21. The summed E-state index contributed by atoms with van der Waals surface area (Å²) < 4.78 is 3.14. The number of hydrogen-bond acceptors (Lipinski definition) is 6. The molecule has 5 rings (SSSR count). The number of anilines is 1. The van der Waals surface area contributed by atoms with Gasteiger partial charge in [-0.1, -0.05) is 86.6 Å². The van der Waals surface area contributed by atoms with Gasteiger partial charge < -0.3 is 20.1 Å². The number of nitrogens with zero attached hydrogens (tertiary/aromatic N) is 2. The van der Waals surface area contributed by atoms with Gasteiger partial charge in [-0.05, 0) is 42.1 Å². The number of carbonyl (C=O) groups is 1. The van der Waals surface area contributed by atoms with E-state index >= 15 is 0 Å². The van der Waals surface area contributed by atoms with Crippen molar-refractivity contribution in [2.24, 2.45) is 0 Å². The summed E-state index contributed by atoms with van der Waals surface area (Å²) in [6.45, 7) is 6.89. The van der Waals surface area contributed by atoms with Crippen LogP contribution in [0.15, 0.2) is 84.1 Å². The third-order valence-electron chi connectivity index (χ3n) is 7.54. The molecule has 0 aliphatic heterocycles. The smallest absolute Gasteiger partial charge is 0.488 e. The lowest BCUT2D eigenvalue weighted by molar-refractivity contribution is -0.659. The number of rotatable bonds is 12. The van der Waals surface area contributed by atoms with Gasteiger partial charge in [0.15, 0.2) is 6.54 Å². The SMILES string of the molecule is CCCCN(CCCC)c1ccc(C2=C(O)C(=Cc3sc4ccccc4[n+]3Cc3cccc(B(O)O)c3)C2=O)cc1. The molecule has 0 amide bonds. The molecule has 0 saturated carbocycles. The summed E-state index contributed by atoms with van der Waals surface area (Å²) in [6, 6.07) is 23.1. The maximum Gasteiger partial charge on any atom is 0.488 e. The van der Waals surface area contributed by atoms with Crippen molar-refractivity contribution in [3.05, 3.63) is 100 Å². The lowest BCUT2D eigenvalue weighted by atomic mass is 9.79. The highest BCUT2D eigenvalue weighted by atomic mass is 32.1. The molecule has 3 aromatic carbocycles. The first kappa shape index (κ1) is 28.8. The van der Waals surface area contributed by atoms with E-state index in [9.17, 15) is 19.9 Å². The zero-order valence-electron chi connectivity index (χ0n) is 23.6. The molecule has 210 valence electrons. The van der Waals surface area contributed by atoms with Gasteiger partial charge in [0, 0.05) is 36.5 Å². The Morgan fingerprint density at radius 2 is 1.63 bits per heavy atom. The lowest BCUT2D eigenvalue weighted by Gasteiger charge is -2.26. The van der Waals surface area contributed by atoms with Gasteiger partial charge in [-0.25, -0.2) is 0 Å². The number of fused-ring (bicyclic) bond motifs is 1. The Morgan fingerprint density at radius 1 is 0.927 bits per heavy atom. The van der Waals surface area contributed by atoms with Gasteiger partial charge in [0.1, 0.15) is 10.5 Å². The van der Waals surface area contributed by atoms with Crippen molar-refractivity contribution in [1.29, 1.82) is 0 Å². The molecule has 0 atom stereocenters. The van der Waals surface area contributed by atoms with Crippen molar-refractivity contribution in [1.82, 2.24) is 0 Å². The molecular formula is C33H36BN2O4S+. The summed E-state index contributed by atoms with van der Waals surface area (Å²) in [5.41, 5.74) is 4.85. The van der Waals surface area contributed by atoms with E-state index in [1.807, 2.05) is 54.6 Å². The van der Waals surface area contributed by atoms with E-state index in [-0.39, 0.29) is 11.5 Å². The number of carbonyl (C=O) groups excluding carboxylic acids is 1. The molecule has 1 aliphatic rings. The molecule has 3 N–H and O–H groups in total. The van der Waals surface area contributed by atoms with Gasteiger partial charge in [0.05, 0.1) is 11.1 Å². The number of para-hydroxylation sites is 1. The van der Waals surface area contributed by atoms with E-state index in [1.165, 1.54) is 0 Å². The van der Waals surface area contributed by atoms with Gasteiger partial charge in [-0.3, -0.25) is 4.79 Å². The van der Waals surface area contributed by atoms with Crippen molar-refractivity contribution in [3.8, 4) is 0 Å². The minimum absolute atomic E-state index is 0.0194. The Bertz CT molecular complexity index is 1600. The zero-order valence-corrected chi connectivity index (χ0v) is 24.4. The number of unbranched alkanes of at least 4 members (excludes halogenated alkanes) is 2. The van der Waals surface area contributed by atoms with Crippen LogP contribution in [-0.4, -0.2) is 41.1 Å². The van der Waals surface area contributed by atoms with Crippen molar-refractivity contribution in [2.75, 3.05) is 18.0 Å². The number of aliphatic hydroxyl groups is 1. The van der Waals surface area contributed by atoms with Crippen molar-refractivity contribution < 1.29 is 24.5 Å². The molecule has 0 unspecified atom stereocenters. The van der Waals surface area contributed by atoms with E-state index < -0.39 is 7.12 Å². The Kier molecular flexibility index (Phi) is 9.03. The minimum Gasteiger partial charge on any atom is -0.506 e. The Labute approximate surface area is 245 Å². The Hall–Kier alpha value is -3.72. The largest absolute Gasteiger partial charge is 0.506 e. The quantitative estimate of drug-likeness (QED) is 0.124. The number of allylic oxidation sites excluding steroid dienone is 2. The first-order valence-electron chi connectivity index (χ1n) is 14.3. The number of aromatic nitrogens is 1. The van der Waals surface area contributed by atoms with Crippen LogP contribution in [0.4, 0.5) is 5.69 Å². The predicted molar refractivity (Wildman–Crippen MR) is 168 cm³/mol. The Morgan fingerprint density at radius 3 is 2.29 bits per heavy atom. The van der Waals surface area contributed by atoms with Crippen molar-refractivity contribution >= 4 is 57.3 Å². The zero-order chi connectivity index (χ0) is 28.9. The first-order chi connectivity index (χ1) is 19.9. The average molecular weight is 568 g/mol. The maximum atomic E-state index is 13.3. The third kappa shape index (κ3) is 6.15. The second-order valence-corrected chi connectivity index (χ2v) is 11.5. The van der Waals surface area contributed by atoms with Crippen LogP contribution in [0.25, 0.3) is 21.9 Å². The summed E-state index contributed by atoms with van der Waals surface area (Å²) in [6.07, 6.45) is 6.32. The predicted octanol–water partition coefficient (Wildman–Crippen LogP) is 5.26. The standard InChI is InChI=1S/C33H35BN2O4S/c1-3-5-18-35(19-6-4-2)26-16-14-24(15-17-26)31-32(37)27(33(31)38)21-30-36(28-12-7-8-13-29(28)41-30)22-23-10-9-11-25(20-23)34(39)40/h7-17,20-21,39-40H,3-6,18-19,22H2,1-2H3/p+1. The van der Waals surface area contributed by atoms with Crippen LogP contribution in [0.2, 0.25) is 0 Å². The van der Waals surface area contributed by atoms with Gasteiger partial charge in [-0.15, -0.1) is 0 Å². The molecule has 0 saturated heterocycles. The van der Waals surface area contributed by atoms with Gasteiger partial charge in [-0.2, -0.15) is 4.57 Å². The van der Waals surface area contributed by atoms with Crippen LogP contribution in [0, 0.1) is 0 Å². The fourth-order valence-corrected chi connectivity index (χ4v) is 6.32. The highest BCUT2D eigenvalue weighted by molar-refractivity contribution is 7.18. The second-order valence-electron chi connectivity index (χ2n) is 10.5. The van der Waals surface area contributed by atoms with E-state index in [1.54, 1.807) is 35.6 Å². The van der Waals surface area contributed by atoms with E-state index in [4.69, 9.17) is 0 Å². The maximum absolute atomic E-state index is 13.3. The molecule has 1 aromatic heterocycles. The highest BCUT2D eigenvalue weighted by Crippen LogP contribution is 2.38. The van der Waals surface area contributed by atoms with E-state index in [0.717, 1.165) is 70.8 Å². The molecule has 0 spiro atoms. The molecule has 0 bridgehead atoms. The minimum atomic E-state index is -1.54. The number of hydrogen-bond donors (Lipinski definition) is 3. The summed E-state index contributed by atoms with van der Waals surface area (Å²) in [5, 5.41) is 31.1. The molecule has 0 fully saturated rings. The summed E-state index contributed by atoms with van der Waals surface area (Å²) in [4.78, 5) is 15.7. The topological polar surface area (TPSA) is 84.9 Å². The lowest BCUT2D eigenvalue weighted by Crippen LogP contribution is -2.37. The van der Waals surface area contributed by atoms with Crippen molar-refractivity contribution in [3.63, 3.8) is 0 Å². The number of thiazole rings is 1. The highest BCUT2D eigenvalue weighted by Gasteiger charge is 2.36. The van der Waals surface area contributed by atoms with Crippen molar-refractivity contribution in [2.45, 2.75) is 46.1 Å². The molecule has 1 aliphatic carbocycles. The molecular weight excluding hydrogens is 531 g/mol. The summed E-state index contributed by atoms with van der Waals surface area (Å²) in [7, 11) is -1.54. The number of ketones is 1. The van der Waals surface area contributed by atoms with Crippen LogP contribution >= 0.6 is 11.3 Å². The monoisotopic (exact) mass is 567 g/mol. The van der Waals surface area contributed by atoms with Crippen LogP contribution in [0.5, 0.6) is 0 Å². The number of aliphatic hydroxyl groups excluding tert-OH is 1. The van der Waals surface area contributed by atoms with Crippen LogP contribution in [0.3, 0.4) is 0 Å². The Balaban J connectivity index is 1.44. The number of Topliss-reactive ketones (excluding diaryl/α,β-unsaturated/α-hetero) is 1. The summed E-state index contributed by atoms with van der Waals surface area (Å²) in [5.74, 6) is -0.149. The van der Waals surface area contributed by atoms with Crippen LogP contribution < -0.4 is 14.9 Å². The molecule has 8 heteroatoms. The summed E-state index contributed by atoms with van der Waals surface area (Å²) >= 11 is 1.55. The van der Waals surface area contributed by atoms with E-state index in [2.05, 4.69) is 23.3 Å². The fraction of sp³-hybridized carbons (Fsp3) is 0.273. The molecule has 41 heavy (non-hydrogen) atoms. The van der Waals surface area contributed by atoms with Gasteiger partial charge >= 0.3 is 7.12 Å². The van der Waals surface area contributed by atoms with Crippen LogP contribution in [-0.2, 0) is 11.3 Å². The normalized spacial score (nSPS) is 14.1. The number of benzene rings is 3. The van der Waals surface area contributed by atoms with Gasteiger partial charge in [0.2, 0.25) is 11.3 Å². The second kappa shape index (κ2) is 12.9. The first-order valence-corrected chi connectivity index (χ1v) is 15.1. The molecule has 6 nitrogen and oxygen atoms in total. The van der Waals surface area contributed by atoms with Gasteiger partial charge in [0.25, 0.3) is 5.01 Å². The molecule has 0 radical (unpaired) electrons. The molecule has 4 aromatic rings.